The van der Waals surface area contributed by atoms with Crippen LogP contribution in [0.1, 0.15) is 91.1 Å². The van der Waals surface area contributed by atoms with Crippen molar-refractivity contribution >= 4 is 34.9 Å². The summed E-state index contributed by atoms with van der Waals surface area (Å²) in [7, 11) is 0. The summed E-state index contributed by atoms with van der Waals surface area (Å²) in [6.45, 7) is 6.90. The van der Waals surface area contributed by atoms with Crippen LogP contribution in [0.3, 0.4) is 0 Å². The van der Waals surface area contributed by atoms with E-state index in [2.05, 4.69) is 33.7 Å². The molecule has 212 valence electrons. The zero-order valence-corrected chi connectivity index (χ0v) is 23.0. The van der Waals surface area contributed by atoms with Crippen LogP contribution in [-0.2, 0) is 33.3 Å². The molecule has 2 aromatic heterocycles. The van der Waals surface area contributed by atoms with Gasteiger partial charge in [0, 0.05) is 25.7 Å². The molecule has 2 N–H and O–H groups in total. The zero-order chi connectivity index (χ0) is 28.4. The maximum Gasteiger partial charge on any atom is 0.306 e. The highest BCUT2D eigenvalue weighted by molar-refractivity contribution is 5.82. The van der Waals surface area contributed by atoms with Gasteiger partial charge in [0.05, 0.1) is 6.33 Å². The Balaban J connectivity index is 1.98. The Morgan fingerprint density at radius 3 is 2.33 bits per heavy atom. The molecule has 0 saturated carbocycles. The summed E-state index contributed by atoms with van der Waals surface area (Å²) in [5.74, 6) is 4.91. The molecule has 3 heterocycles. The SMILES string of the molecule is CCCCCCC#Cc1nc(N)c2ncn([C@@H]3O[C@H](COC(=O)CC)[C@@H](OC(=O)CC)[C@H]3OC(=O)CC)c2n1. The number of carbonyl (C=O) groups excluding carboxylic acids is 3. The Hall–Kier alpha value is -3.72. The van der Waals surface area contributed by atoms with Gasteiger partial charge in [0.2, 0.25) is 5.82 Å². The Kier molecular flexibility index (Phi) is 11.0. The maximum absolute atomic E-state index is 12.4. The van der Waals surface area contributed by atoms with Gasteiger partial charge in [-0.2, -0.15) is 0 Å². The van der Waals surface area contributed by atoms with Gasteiger partial charge < -0.3 is 24.7 Å². The molecule has 12 heteroatoms. The van der Waals surface area contributed by atoms with E-state index in [0.717, 1.165) is 25.7 Å². The molecule has 3 rings (SSSR count). The van der Waals surface area contributed by atoms with Gasteiger partial charge in [0.1, 0.15) is 18.2 Å². The lowest BCUT2D eigenvalue weighted by Gasteiger charge is -2.24. The smallest absolute Gasteiger partial charge is 0.306 e. The highest BCUT2D eigenvalue weighted by atomic mass is 16.7. The molecule has 39 heavy (non-hydrogen) atoms. The molecule has 0 spiro atoms. The van der Waals surface area contributed by atoms with Crippen molar-refractivity contribution in [3.05, 3.63) is 12.2 Å². The fourth-order valence-corrected chi connectivity index (χ4v) is 4.04. The summed E-state index contributed by atoms with van der Waals surface area (Å²) in [6.07, 6.45) is 2.87. The van der Waals surface area contributed by atoms with E-state index in [-0.39, 0.29) is 37.5 Å². The number of nitrogens with two attached hydrogens (primary N) is 1. The second kappa shape index (κ2) is 14.4. The molecule has 0 radical (unpaired) electrons. The first-order chi connectivity index (χ1) is 18.8. The number of hydrogen-bond acceptors (Lipinski definition) is 11. The van der Waals surface area contributed by atoms with Crippen LogP contribution in [0, 0.1) is 11.8 Å². The van der Waals surface area contributed by atoms with E-state index in [1.165, 1.54) is 6.33 Å². The molecular formula is C27H37N5O7. The Morgan fingerprint density at radius 2 is 1.67 bits per heavy atom. The van der Waals surface area contributed by atoms with Crippen molar-refractivity contribution in [3.8, 4) is 11.8 Å². The molecule has 1 saturated heterocycles. The predicted octanol–water partition coefficient (Wildman–Crippen LogP) is 3.22. The molecule has 0 amide bonds. The molecule has 2 aromatic rings. The predicted molar refractivity (Wildman–Crippen MR) is 141 cm³/mol. The third-order valence-electron chi connectivity index (χ3n) is 6.17. The van der Waals surface area contributed by atoms with Crippen molar-refractivity contribution in [2.45, 2.75) is 104 Å². The average molecular weight is 544 g/mol. The number of nitrogens with zero attached hydrogens (tertiary/aromatic N) is 4. The molecule has 0 aromatic carbocycles. The van der Waals surface area contributed by atoms with Crippen LogP contribution in [0.4, 0.5) is 5.82 Å². The summed E-state index contributed by atoms with van der Waals surface area (Å²) in [4.78, 5) is 49.7. The second-order valence-electron chi connectivity index (χ2n) is 9.09. The first-order valence-corrected chi connectivity index (χ1v) is 13.5. The van der Waals surface area contributed by atoms with Crippen molar-refractivity contribution in [2.24, 2.45) is 0 Å². The largest absolute Gasteiger partial charge is 0.463 e. The van der Waals surface area contributed by atoms with Gasteiger partial charge in [-0.15, -0.1) is 0 Å². The van der Waals surface area contributed by atoms with Crippen LogP contribution < -0.4 is 5.73 Å². The van der Waals surface area contributed by atoms with Crippen molar-refractivity contribution < 1.29 is 33.3 Å². The zero-order valence-electron chi connectivity index (χ0n) is 23.0. The Morgan fingerprint density at radius 1 is 0.974 bits per heavy atom. The third kappa shape index (κ3) is 7.66. The van der Waals surface area contributed by atoms with Gasteiger partial charge in [-0.3, -0.25) is 19.0 Å². The van der Waals surface area contributed by atoms with Crippen molar-refractivity contribution in [2.75, 3.05) is 12.3 Å². The van der Waals surface area contributed by atoms with E-state index in [0.29, 0.717) is 17.6 Å². The lowest BCUT2D eigenvalue weighted by atomic mass is 10.1. The standard InChI is InChI=1S/C27H37N5O7/c1-5-9-10-11-12-13-14-18-30-25(28)22-26(31-18)32(16-29-22)27-24(39-21(35)8-4)23(38-20(34)7-3)17(37-27)15-36-19(33)6-2/h16-17,23-24,27H,5-12,15H2,1-4H3,(H2,28,30,31)/t17-,23-,24-,27-/m1/s1. The van der Waals surface area contributed by atoms with Gasteiger partial charge >= 0.3 is 17.9 Å². The van der Waals surface area contributed by atoms with E-state index in [1.807, 2.05) is 0 Å². The maximum atomic E-state index is 12.4. The number of carbonyl (C=O) groups is 3. The van der Waals surface area contributed by atoms with Gasteiger partial charge in [0.15, 0.2) is 29.9 Å². The van der Waals surface area contributed by atoms with Crippen LogP contribution in [0.5, 0.6) is 0 Å². The summed E-state index contributed by atoms with van der Waals surface area (Å²) < 4.78 is 24.4. The fourth-order valence-electron chi connectivity index (χ4n) is 4.04. The van der Waals surface area contributed by atoms with E-state index >= 15 is 0 Å². The molecule has 0 unspecified atom stereocenters. The van der Waals surface area contributed by atoms with Crippen molar-refractivity contribution in [1.29, 1.82) is 0 Å². The Bertz CT molecular complexity index is 1220. The fraction of sp³-hybridized carbons (Fsp3) is 0.630. The number of unbranched alkanes of at least 4 members (excludes halogenated alkanes) is 4. The normalized spacial score (nSPS) is 20.3. The van der Waals surface area contributed by atoms with Gasteiger partial charge in [-0.25, -0.2) is 15.0 Å². The Labute approximate surface area is 227 Å². The van der Waals surface area contributed by atoms with Crippen LogP contribution in [-0.4, -0.2) is 62.3 Å². The molecule has 1 aliphatic heterocycles. The third-order valence-corrected chi connectivity index (χ3v) is 6.17. The number of aromatic nitrogens is 4. The topological polar surface area (TPSA) is 158 Å². The minimum atomic E-state index is -1.07. The van der Waals surface area contributed by atoms with E-state index in [9.17, 15) is 14.4 Å². The first kappa shape index (κ1) is 29.8. The second-order valence-corrected chi connectivity index (χ2v) is 9.09. The number of rotatable bonds is 12. The highest BCUT2D eigenvalue weighted by Crippen LogP contribution is 2.36. The van der Waals surface area contributed by atoms with Crippen molar-refractivity contribution in [3.63, 3.8) is 0 Å². The molecule has 4 atom stereocenters. The highest BCUT2D eigenvalue weighted by Gasteiger charge is 2.51. The monoisotopic (exact) mass is 543 g/mol. The first-order valence-electron chi connectivity index (χ1n) is 13.5. The number of anilines is 1. The van der Waals surface area contributed by atoms with Crippen LogP contribution >= 0.6 is 0 Å². The van der Waals surface area contributed by atoms with E-state index in [4.69, 9.17) is 24.7 Å². The number of ether oxygens (including phenoxy) is 4. The molecule has 12 nitrogen and oxygen atoms in total. The van der Waals surface area contributed by atoms with Gasteiger partial charge in [-0.1, -0.05) is 52.9 Å². The summed E-state index contributed by atoms with van der Waals surface area (Å²) >= 11 is 0. The summed E-state index contributed by atoms with van der Waals surface area (Å²) in [5, 5.41) is 0. The van der Waals surface area contributed by atoms with Crippen LogP contribution in [0.15, 0.2) is 6.33 Å². The average Bonchev–Trinajstić information content (AvgIpc) is 3.50. The molecular weight excluding hydrogens is 506 g/mol. The quantitative estimate of drug-likeness (QED) is 0.181. The van der Waals surface area contributed by atoms with E-state index in [1.54, 1.807) is 25.3 Å². The minimum Gasteiger partial charge on any atom is -0.463 e. The lowest BCUT2D eigenvalue weighted by molar-refractivity contribution is -0.169. The van der Waals surface area contributed by atoms with Gasteiger partial charge in [0.25, 0.3) is 0 Å². The lowest BCUT2D eigenvalue weighted by Crippen LogP contribution is -2.41. The van der Waals surface area contributed by atoms with Crippen LogP contribution in [0.25, 0.3) is 11.2 Å². The molecule has 0 aliphatic carbocycles. The van der Waals surface area contributed by atoms with E-state index < -0.39 is 42.4 Å². The number of nitrogen functional groups attached to an aromatic ring is 1. The summed E-state index contributed by atoms with van der Waals surface area (Å²) in [6, 6.07) is 0. The number of fused-ring (bicyclic) bond motifs is 1. The number of hydrogen-bond donors (Lipinski definition) is 1. The molecule has 1 fully saturated rings. The van der Waals surface area contributed by atoms with Crippen molar-refractivity contribution in [1.82, 2.24) is 19.5 Å². The number of esters is 3. The molecule has 1 aliphatic rings. The van der Waals surface area contributed by atoms with Crippen LogP contribution in [0.2, 0.25) is 0 Å². The number of imidazole rings is 1. The summed E-state index contributed by atoms with van der Waals surface area (Å²) in [5.41, 5.74) is 6.79. The molecule has 0 bridgehead atoms. The minimum absolute atomic E-state index is 0.0882. The van der Waals surface area contributed by atoms with Gasteiger partial charge in [-0.05, 0) is 12.3 Å².